The quantitative estimate of drug-likeness (QED) is 0.112. The number of unbranched alkanes of at least 4 members (excludes halogenated alkanes) is 9. The summed E-state index contributed by atoms with van der Waals surface area (Å²) in [6, 6.07) is 0. The third-order valence-corrected chi connectivity index (χ3v) is 5.33. The molecule has 0 rings (SSSR count). The zero-order chi connectivity index (χ0) is 24.6. The van der Waals surface area contributed by atoms with Crippen LogP contribution >= 0.6 is 0 Å². The molecule has 0 unspecified atom stereocenters. The Morgan fingerprint density at radius 1 is 0.697 bits per heavy atom. The fraction of sp³-hybridized carbons (Fsp3) is 0.778. The van der Waals surface area contributed by atoms with Crippen molar-refractivity contribution in [2.24, 2.45) is 0 Å². The normalized spacial score (nSPS) is 11.5. The van der Waals surface area contributed by atoms with Crippen molar-refractivity contribution in [3.05, 3.63) is 24.3 Å². The van der Waals surface area contributed by atoms with Crippen molar-refractivity contribution in [1.82, 2.24) is 9.80 Å². The summed E-state index contributed by atoms with van der Waals surface area (Å²) in [7, 11) is 5.65. The fourth-order valence-corrected chi connectivity index (χ4v) is 3.26. The van der Waals surface area contributed by atoms with E-state index in [0.717, 1.165) is 45.1 Å². The van der Waals surface area contributed by atoms with Gasteiger partial charge in [0.15, 0.2) is 6.61 Å². The molecule has 0 N–H and O–H groups in total. The van der Waals surface area contributed by atoms with Crippen molar-refractivity contribution >= 4 is 12.1 Å². The number of hydrogen-bond acceptors (Lipinski definition) is 5. The molecule has 6 nitrogen and oxygen atoms in total. The Morgan fingerprint density at radius 3 is 1.94 bits per heavy atom. The zero-order valence-electron chi connectivity index (χ0n) is 21.9. The van der Waals surface area contributed by atoms with Gasteiger partial charge in [0.25, 0.3) is 0 Å². The van der Waals surface area contributed by atoms with E-state index >= 15 is 0 Å². The Morgan fingerprint density at radius 2 is 1.30 bits per heavy atom. The van der Waals surface area contributed by atoms with Gasteiger partial charge in [0.2, 0.25) is 0 Å². The van der Waals surface area contributed by atoms with Crippen LogP contribution < -0.4 is 0 Å². The van der Waals surface area contributed by atoms with Crippen LogP contribution in [-0.2, 0) is 14.3 Å². The summed E-state index contributed by atoms with van der Waals surface area (Å²) in [5.41, 5.74) is 0. The molecule has 0 aromatic rings. The van der Waals surface area contributed by atoms with Crippen LogP contribution in [0.1, 0.15) is 90.4 Å². The lowest BCUT2D eigenvalue weighted by Gasteiger charge is -2.17. The van der Waals surface area contributed by atoms with Crippen LogP contribution in [0.25, 0.3) is 0 Å². The molecular weight excluding hydrogens is 416 g/mol. The second-order valence-corrected chi connectivity index (χ2v) is 8.94. The van der Waals surface area contributed by atoms with Crippen LogP contribution in [0, 0.1) is 0 Å². The summed E-state index contributed by atoms with van der Waals surface area (Å²) in [6.07, 6.45) is 23.6. The van der Waals surface area contributed by atoms with Gasteiger partial charge in [-0.15, -0.1) is 0 Å². The number of rotatable bonds is 21. The molecule has 0 aliphatic carbocycles. The van der Waals surface area contributed by atoms with Gasteiger partial charge in [0.1, 0.15) is 0 Å². The lowest BCUT2D eigenvalue weighted by atomic mass is 10.1. The van der Waals surface area contributed by atoms with Crippen molar-refractivity contribution in [3.63, 3.8) is 0 Å². The largest absolute Gasteiger partial charge is 0.463 e. The van der Waals surface area contributed by atoms with Gasteiger partial charge in [-0.25, -0.2) is 9.59 Å². The summed E-state index contributed by atoms with van der Waals surface area (Å²) >= 11 is 0. The van der Waals surface area contributed by atoms with Gasteiger partial charge in [-0.1, -0.05) is 69.8 Å². The number of carbonyl (C=O) groups is 2. The van der Waals surface area contributed by atoms with Crippen molar-refractivity contribution in [1.29, 1.82) is 0 Å². The third kappa shape index (κ3) is 23.1. The summed E-state index contributed by atoms with van der Waals surface area (Å²) in [4.78, 5) is 27.1. The van der Waals surface area contributed by atoms with Crippen molar-refractivity contribution in [2.45, 2.75) is 90.4 Å². The number of carbonyl (C=O) groups excluding carboxylic acids is 2. The predicted octanol–water partition coefficient (Wildman–Crippen LogP) is 6.36. The molecule has 1 amide bonds. The van der Waals surface area contributed by atoms with Crippen LogP contribution in [0.4, 0.5) is 4.79 Å². The molecule has 0 heterocycles. The highest BCUT2D eigenvalue weighted by Crippen LogP contribution is 2.08. The molecule has 0 aliphatic heterocycles. The van der Waals surface area contributed by atoms with E-state index in [-0.39, 0.29) is 6.61 Å². The van der Waals surface area contributed by atoms with Gasteiger partial charge in [-0.2, -0.15) is 0 Å². The van der Waals surface area contributed by atoms with Crippen LogP contribution in [-0.4, -0.2) is 69.3 Å². The minimum Gasteiger partial charge on any atom is -0.463 e. The zero-order valence-corrected chi connectivity index (χ0v) is 21.9. The molecule has 0 fully saturated rings. The van der Waals surface area contributed by atoms with Gasteiger partial charge in [0.05, 0.1) is 6.61 Å². The van der Waals surface area contributed by atoms with Gasteiger partial charge in [-0.05, 0) is 65.6 Å². The van der Waals surface area contributed by atoms with Crippen LogP contribution in [0.3, 0.4) is 0 Å². The minimum atomic E-state index is -0.487. The van der Waals surface area contributed by atoms with Crippen molar-refractivity contribution < 1.29 is 19.1 Å². The van der Waals surface area contributed by atoms with E-state index in [1.807, 2.05) is 14.1 Å². The molecule has 6 heteroatoms. The number of hydrogen-bond donors (Lipinski definition) is 0. The number of allylic oxidation sites excluding steroid dienone is 4. The van der Waals surface area contributed by atoms with Gasteiger partial charge < -0.3 is 19.3 Å². The van der Waals surface area contributed by atoms with Gasteiger partial charge >= 0.3 is 12.1 Å². The fourth-order valence-electron chi connectivity index (χ4n) is 3.26. The van der Waals surface area contributed by atoms with E-state index in [1.165, 1.54) is 49.8 Å². The van der Waals surface area contributed by atoms with E-state index in [4.69, 9.17) is 9.47 Å². The van der Waals surface area contributed by atoms with E-state index in [1.54, 1.807) is 7.05 Å². The van der Waals surface area contributed by atoms with E-state index < -0.39 is 12.1 Å². The lowest BCUT2D eigenvalue weighted by Crippen LogP contribution is -2.31. The van der Waals surface area contributed by atoms with Crippen LogP contribution in [0.15, 0.2) is 24.3 Å². The lowest BCUT2D eigenvalue weighted by molar-refractivity contribution is -0.147. The molecular formula is C27H50N2O4. The van der Waals surface area contributed by atoms with Gasteiger partial charge in [0, 0.05) is 13.6 Å². The van der Waals surface area contributed by atoms with Crippen molar-refractivity contribution in [3.8, 4) is 0 Å². The van der Waals surface area contributed by atoms with E-state index in [9.17, 15) is 9.59 Å². The predicted molar refractivity (Wildman–Crippen MR) is 137 cm³/mol. The van der Waals surface area contributed by atoms with Crippen LogP contribution in [0.2, 0.25) is 0 Å². The number of amides is 1. The SMILES string of the molecule is CCCCC/C=C\C/C=C\CCCCCCCCOC(=O)COC(=O)N(C)CCCN(C)C. The molecule has 33 heavy (non-hydrogen) atoms. The average Bonchev–Trinajstić information content (AvgIpc) is 2.79. The summed E-state index contributed by atoms with van der Waals surface area (Å²) in [6.45, 7) is 3.80. The second-order valence-electron chi connectivity index (χ2n) is 8.94. The number of esters is 1. The van der Waals surface area contributed by atoms with Gasteiger partial charge in [-0.3, -0.25) is 0 Å². The third-order valence-electron chi connectivity index (χ3n) is 5.33. The first-order valence-electron chi connectivity index (χ1n) is 13.0. The highest BCUT2D eigenvalue weighted by molar-refractivity contribution is 5.75. The Balaban J connectivity index is 3.46. The highest BCUT2D eigenvalue weighted by atomic mass is 16.6. The first kappa shape index (κ1) is 31.2. The number of nitrogens with zero attached hydrogens (tertiary/aromatic N) is 2. The maximum absolute atomic E-state index is 11.8. The maximum Gasteiger partial charge on any atom is 0.410 e. The number of ether oxygens (including phenoxy) is 2. The molecule has 0 aromatic carbocycles. The first-order chi connectivity index (χ1) is 16.0. The summed E-state index contributed by atoms with van der Waals surface area (Å²) in [5.74, 6) is -0.479. The first-order valence-corrected chi connectivity index (χ1v) is 13.0. The molecule has 0 bridgehead atoms. The Bertz CT molecular complexity index is 532. The molecule has 0 aliphatic rings. The molecule has 0 aromatic heterocycles. The van der Waals surface area contributed by atoms with Crippen LogP contribution in [0.5, 0.6) is 0 Å². The molecule has 0 saturated carbocycles. The van der Waals surface area contributed by atoms with E-state index in [2.05, 4.69) is 36.1 Å². The molecule has 0 saturated heterocycles. The smallest absolute Gasteiger partial charge is 0.410 e. The monoisotopic (exact) mass is 466 g/mol. The Labute approximate surface area is 203 Å². The van der Waals surface area contributed by atoms with E-state index in [0.29, 0.717) is 13.2 Å². The average molecular weight is 467 g/mol. The standard InChI is InChI=1S/C27H50N2O4/c1-5-6-7-8-9-10-11-12-13-14-15-16-17-18-19-20-24-32-26(30)25-33-27(31)29(4)23-21-22-28(2)3/h9-10,12-13H,5-8,11,14-25H2,1-4H3/b10-9-,13-12-. The second kappa shape index (κ2) is 23.3. The topological polar surface area (TPSA) is 59.1 Å². The molecule has 192 valence electrons. The van der Waals surface area contributed by atoms with Crippen molar-refractivity contribution in [2.75, 3.05) is 47.4 Å². The summed E-state index contributed by atoms with van der Waals surface area (Å²) < 4.78 is 10.1. The molecule has 0 radical (unpaired) electrons. The molecule has 0 atom stereocenters. The summed E-state index contributed by atoms with van der Waals surface area (Å²) in [5, 5.41) is 0. The minimum absolute atomic E-state index is 0.320. The molecule has 0 spiro atoms. The highest BCUT2D eigenvalue weighted by Gasteiger charge is 2.12. The Hall–Kier alpha value is -1.82. The Kier molecular flexibility index (Phi) is 22.1. The maximum atomic E-state index is 11.8.